The molecule has 0 amide bonds. The molecule has 1 aromatic carbocycles. The molecule has 3 rings (SSSR count). The Balaban J connectivity index is 1.52. The lowest BCUT2D eigenvalue weighted by atomic mass is 9.86. The molecule has 0 N–H and O–H groups in total. The van der Waals surface area contributed by atoms with Crippen LogP contribution in [0.2, 0.25) is 0 Å². The quantitative estimate of drug-likeness (QED) is 0.619. The van der Waals surface area contributed by atoms with Gasteiger partial charge in [-0.2, -0.15) is 8.42 Å². The summed E-state index contributed by atoms with van der Waals surface area (Å²) in [4.78, 5) is 0.211. The Hall–Kier alpha value is -0.910. The fourth-order valence-corrected chi connectivity index (χ4v) is 4.02. The van der Waals surface area contributed by atoms with Gasteiger partial charge in [0, 0.05) is 0 Å². The van der Waals surface area contributed by atoms with E-state index in [0.29, 0.717) is 5.92 Å². The zero-order valence-electron chi connectivity index (χ0n) is 12.3. The topological polar surface area (TPSA) is 55.9 Å². The van der Waals surface area contributed by atoms with Gasteiger partial charge in [0.25, 0.3) is 10.1 Å². The lowest BCUT2D eigenvalue weighted by Crippen LogP contribution is -2.18. The minimum absolute atomic E-state index is 0.0478. The highest BCUT2D eigenvalue weighted by Crippen LogP contribution is 2.38. The molecule has 2 atom stereocenters. The Kier molecular flexibility index (Phi) is 4.33. The fraction of sp³-hybridized carbons (Fsp3) is 0.625. The molecule has 1 saturated carbocycles. The molecular weight excluding hydrogens is 288 g/mol. The Morgan fingerprint density at radius 2 is 1.81 bits per heavy atom. The smallest absolute Gasteiger partial charge is 0.297 e. The molecule has 0 spiro atoms. The maximum absolute atomic E-state index is 12.1. The normalized spacial score (nSPS) is 26.7. The third-order valence-electron chi connectivity index (χ3n) is 4.43. The summed E-state index contributed by atoms with van der Waals surface area (Å²) in [6.07, 6.45) is 6.40. The Morgan fingerprint density at radius 3 is 2.48 bits per heavy atom. The number of benzene rings is 1. The Labute approximate surface area is 126 Å². The predicted molar refractivity (Wildman–Crippen MR) is 79.6 cm³/mol. The standard InChI is InChI=1S/C16H22O4S/c1-12-7-9-14(10-8-12)21(17,18)19-11-15-16(20-15)13-5-3-2-4-6-13/h7-10,13,15-16H,2-6,11H2,1H3/t15-,16+/m1/s1. The van der Waals surface area contributed by atoms with Crippen LogP contribution in [0.1, 0.15) is 37.7 Å². The summed E-state index contributed by atoms with van der Waals surface area (Å²) in [5.74, 6) is 0.592. The second-order valence-corrected chi connectivity index (χ2v) is 7.70. The highest BCUT2D eigenvalue weighted by molar-refractivity contribution is 7.86. The number of aryl methyl sites for hydroxylation is 1. The molecule has 21 heavy (non-hydrogen) atoms. The molecule has 116 valence electrons. The number of hydrogen-bond donors (Lipinski definition) is 0. The van der Waals surface area contributed by atoms with E-state index in [1.807, 2.05) is 6.92 Å². The van der Waals surface area contributed by atoms with Crippen LogP contribution in [0.5, 0.6) is 0 Å². The van der Waals surface area contributed by atoms with Crippen LogP contribution in [0.4, 0.5) is 0 Å². The molecule has 0 unspecified atom stereocenters. The van der Waals surface area contributed by atoms with Crippen molar-refractivity contribution in [1.29, 1.82) is 0 Å². The van der Waals surface area contributed by atoms with E-state index in [4.69, 9.17) is 8.92 Å². The van der Waals surface area contributed by atoms with Gasteiger partial charge < -0.3 is 4.74 Å². The van der Waals surface area contributed by atoms with Crippen molar-refractivity contribution in [2.45, 2.75) is 56.1 Å². The van der Waals surface area contributed by atoms with Crippen LogP contribution >= 0.6 is 0 Å². The third-order valence-corrected chi connectivity index (χ3v) is 5.73. The average Bonchev–Trinajstić information content (AvgIpc) is 3.26. The lowest BCUT2D eigenvalue weighted by molar-refractivity contribution is 0.244. The molecule has 4 nitrogen and oxygen atoms in total. The van der Waals surface area contributed by atoms with Crippen LogP contribution < -0.4 is 0 Å². The van der Waals surface area contributed by atoms with Crippen LogP contribution in [0.15, 0.2) is 29.2 Å². The summed E-state index contributed by atoms with van der Waals surface area (Å²) >= 11 is 0. The highest BCUT2D eigenvalue weighted by Gasteiger charge is 2.45. The molecule has 1 aliphatic carbocycles. The summed E-state index contributed by atoms with van der Waals surface area (Å²) in [7, 11) is -3.67. The number of epoxide rings is 1. The van der Waals surface area contributed by atoms with Crippen molar-refractivity contribution < 1.29 is 17.3 Å². The van der Waals surface area contributed by atoms with Gasteiger partial charge in [-0.05, 0) is 37.8 Å². The van der Waals surface area contributed by atoms with Crippen LogP contribution in [0.3, 0.4) is 0 Å². The molecule has 1 aliphatic heterocycles. The maximum Gasteiger partial charge on any atom is 0.297 e. The van der Waals surface area contributed by atoms with Gasteiger partial charge in [-0.3, -0.25) is 4.18 Å². The van der Waals surface area contributed by atoms with Gasteiger partial charge in [0.1, 0.15) is 6.10 Å². The summed E-state index contributed by atoms with van der Waals surface area (Å²) in [6.45, 7) is 2.06. The second-order valence-electron chi connectivity index (χ2n) is 6.09. The molecule has 0 radical (unpaired) electrons. The van der Waals surface area contributed by atoms with Gasteiger partial charge in [0.15, 0.2) is 0 Å². The van der Waals surface area contributed by atoms with Gasteiger partial charge in [0.05, 0.1) is 17.6 Å². The van der Waals surface area contributed by atoms with Crippen LogP contribution in [0, 0.1) is 12.8 Å². The fourth-order valence-electron chi connectivity index (χ4n) is 3.10. The van der Waals surface area contributed by atoms with Gasteiger partial charge in [-0.1, -0.05) is 37.0 Å². The van der Waals surface area contributed by atoms with Crippen LogP contribution in [0.25, 0.3) is 0 Å². The third kappa shape index (κ3) is 3.65. The lowest BCUT2D eigenvalue weighted by Gasteiger charge is -2.19. The van der Waals surface area contributed by atoms with E-state index in [0.717, 1.165) is 5.56 Å². The van der Waals surface area contributed by atoms with E-state index in [-0.39, 0.29) is 23.7 Å². The van der Waals surface area contributed by atoms with Crippen LogP contribution in [-0.2, 0) is 19.0 Å². The van der Waals surface area contributed by atoms with Crippen molar-refractivity contribution in [2.24, 2.45) is 5.92 Å². The number of hydrogen-bond acceptors (Lipinski definition) is 4. The van der Waals surface area contributed by atoms with E-state index >= 15 is 0 Å². The second kappa shape index (κ2) is 6.07. The molecular formula is C16H22O4S. The van der Waals surface area contributed by atoms with Crippen molar-refractivity contribution >= 4 is 10.1 Å². The van der Waals surface area contributed by atoms with E-state index in [1.54, 1.807) is 24.3 Å². The first-order chi connectivity index (χ1) is 10.1. The van der Waals surface area contributed by atoms with Crippen molar-refractivity contribution in [3.63, 3.8) is 0 Å². The summed E-state index contributed by atoms with van der Waals surface area (Å²) in [5.41, 5.74) is 1.02. The first-order valence-corrected chi connectivity index (χ1v) is 9.09. The van der Waals surface area contributed by atoms with Gasteiger partial charge in [-0.25, -0.2) is 0 Å². The first-order valence-electron chi connectivity index (χ1n) is 7.68. The SMILES string of the molecule is Cc1ccc(S(=O)(=O)OC[C@H]2O[C@H]2C2CCCCC2)cc1. The molecule has 1 aromatic rings. The molecule has 5 heteroatoms. The Bertz CT molecular complexity index is 573. The largest absolute Gasteiger partial charge is 0.367 e. The van der Waals surface area contributed by atoms with Crippen molar-refractivity contribution in [2.75, 3.05) is 6.61 Å². The van der Waals surface area contributed by atoms with Crippen molar-refractivity contribution in [1.82, 2.24) is 0 Å². The van der Waals surface area contributed by atoms with E-state index in [1.165, 1.54) is 32.1 Å². The van der Waals surface area contributed by atoms with E-state index in [2.05, 4.69) is 0 Å². The molecule has 0 bridgehead atoms. The first kappa shape index (κ1) is 15.0. The maximum atomic E-state index is 12.1. The average molecular weight is 310 g/mol. The number of rotatable bonds is 5. The minimum Gasteiger partial charge on any atom is -0.367 e. The van der Waals surface area contributed by atoms with Crippen LogP contribution in [-0.4, -0.2) is 27.2 Å². The van der Waals surface area contributed by atoms with Gasteiger partial charge in [0.2, 0.25) is 0 Å². The van der Waals surface area contributed by atoms with Gasteiger partial charge >= 0.3 is 0 Å². The van der Waals surface area contributed by atoms with E-state index < -0.39 is 10.1 Å². The minimum atomic E-state index is -3.67. The predicted octanol–water partition coefficient (Wildman–Crippen LogP) is 3.05. The van der Waals surface area contributed by atoms with E-state index in [9.17, 15) is 8.42 Å². The monoisotopic (exact) mass is 310 g/mol. The molecule has 2 fully saturated rings. The van der Waals surface area contributed by atoms with Crippen molar-refractivity contribution in [3.8, 4) is 0 Å². The summed E-state index contributed by atoms with van der Waals surface area (Å²) in [6, 6.07) is 6.71. The number of ether oxygens (including phenoxy) is 1. The molecule has 1 saturated heterocycles. The van der Waals surface area contributed by atoms with Gasteiger partial charge in [-0.15, -0.1) is 0 Å². The highest BCUT2D eigenvalue weighted by atomic mass is 32.2. The summed E-state index contributed by atoms with van der Waals surface area (Å²) < 4.78 is 34.9. The zero-order chi connectivity index (χ0) is 14.9. The molecule has 1 heterocycles. The molecule has 0 aromatic heterocycles. The van der Waals surface area contributed by atoms with Crippen molar-refractivity contribution in [3.05, 3.63) is 29.8 Å². The Morgan fingerprint density at radius 1 is 1.14 bits per heavy atom. The molecule has 2 aliphatic rings. The summed E-state index contributed by atoms with van der Waals surface area (Å²) in [5, 5.41) is 0. The zero-order valence-corrected chi connectivity index (χ0v) is 13.1.